The van der Waals surface area contributed by atoms with Crippen molar-refractivity contribution in [1.82, 2.24) is 5.43 Å². The van der Waals surface area contributed by atoms with Gasteiger partial charge in [0.25, 0.3) is 0 Å². The number of hydrogen-bond acceptors (Lipinski definition) is 2. The minimum Gasteiger partial charge on any atom is -0.494 e. The highest BCUT2D eigenvalue weighted by Crippen LogP contribution is 2.09. The summed E-state index contributed by atoms with van der Waals surface area (Å²) >= 11 is 0. The number of benzene rings is 1. The number of hydrogen-bond donors (Lipinski definition) is 0. The molecular formula is C8H6FN2O. The molecule has 3 nitrogen and oxygen atoms in total. The van der Waals surface area contributed by atoms with Gasteiger partial charge in [-0.05, 0) is 12.1 Å². The van der Waals surface area contributed by atoms with E-state index in [1.165, 1.54) is 13.3 Å². The molecular weight excluding hydrogens is 159 g/mol. The molecule has 61 valence electrons. The van der Waals surface area contributed by atoms with E-state index in [1.54, 1.807) is 12.1 Å². The molecule has 1 aromatic carbocycles. The van der Waals surface area contributed by atoms with Gasteiger partial charge in [0, 0.05) is 5.22 Å². The van der Waals surface area contributed by atoms with Crippen LogP contribution in [0.5, 0.6) is 5.75 Å². The first-order valence-corrected chi connectivity index (χ1v) is 3.43. The molecule has 12 heavy (non-hydrogen) atoms. The van der Waals surface area contributed by atoms with Gasteiger partial charge in [0.05, 0.1) is 13.3 Å². The Labute approximate surface area is 68.2 Å². The van der Waals surface area contributed by atoms with E-state index < -0.39 is 5.82 Å². The highest BCUT2D eigenvalue weighted by Gasteiger charge is 2.08. The number of halogens is 1. The van der Waals surface area contributed by atoms with Crippen LogP contribution in [0.15, 0.2) is 17.2 Å². The Morgan fingerprint density at radius 3 is 3.00 bits per heavy atom. The van der Waals surface area contributed by atoms with Crippen molar-refractivity contribution in [1.29, 1.82) is 0 Å². The molecule has 1 aliphatic rings. The maximum Gasteiger partial charge on any atom is 0.193 e. The van der Waals surface area contributed by atoms with Crippen molar-refractivity contribution in [2.24, 2.45) is 5.10 Å². The summed E-state index contributed by atoms with van der Waals surface area (Å²) in [5, 5.41) is 4.57. The molecule has 0 aliphatic carbocycles. The topological polar surface area (TPSA) is 35.7 Å². The van der Waals surface area contributed by atoms with E-state index >= 15 is 0 Å². The average Bonchev–Trinajstić information content (AvgIpc) is 2.53. The molecule has 1 radical (unpaired) electrons. The lowest BCUT2D eigenvalue weighted by Crippen LogP contribution is -2.25. The number of ether oxygens (including phenoxy) is 1. The van der Waals surface area contributed by atoms with Crippen molar-refractivity contribution >= 4 is 6.20 Å². The van der Waals surface area contributed by atoms with Crippen LogP contribution >= 0.6 is 0 Å². The third kappa shape index (κ3) is 0.845. The molecule has 0 unspecified atom stereocenters. The molecule has 0 atom stereocenters. The fraction of sp³-hybridized carbons (Fsp3) is 0.125. The van der Waals surface area contributed by atoms with Crippen LogP contribution in [0.25, 0.3) is 6.20 Å². The molecule has 0 aromatic heterocycles. The molecule has 0 bridgehead atoms. The summed E-state index contributed by atoms with van der Waals surface area (Å²) in [6.45, 7) is 0. The second-order valence-corrected chi connectivity index (χ2v) is 2.36. The van der Waals surface area contributed by atoms with E-state index in [4.69, 9.17) is 4.74 Å². The first kappa shape index (κ1) is 7.09. The highest BCUT2D eigenvalue weighted by molar-refractivity contribution is 5.31. The van der Waals surface area contributed by atoms with E-state index in [1.807, 2.05) is 0 Å². The summed E-state index contributed by atoms with van der Waals surface area (Å²) in [4.78, 5) is 0. The van der Waals surface area contributed by atoms with Crippen LogP contribution in [-0.4, -0.2) is 7.11 Å². The fourth-order valence-corrected chi connectivity index (χ4v) is 1.07. The minimum atomic E-state index is -0.451. The second-order valence-electron chi connectivity index (χ2n) is 2.36. The van der Waals surface area contributed by atoms with Crippen LogP contribution in [0.3, 0.4) is 0 Å². The minimum absolute atomic E-state index is 0.197. The zero-order chi connectivity index (χ0) is 8.55. The van der Waals surface area contributed by atoms with Crippen LogP contribution in [0, 0.1) is 5.82 Å². The molecule has 4 heteroatoms. The number of rotatable bonds is 1. The largest absolute Gasteiger partial charge is 0.494 e. The van der Waals surface area contributed by atoms with Gasteiger partial charge in [-0.15, -0.1) is 5.10 Å². The summed E-state index contributed by atoms with van der Waals surface area (Å²) in [6, 6.07) is 3.28. The van der Waals surface area contributed by atoms with Crippen LogP contribution in [0.1, 0.15) is 0 Å². The molecule has 1 aliphatic heterocycles. The molecule has 0 spiro atoms. The predicted molar refractivity (Wildman–Crippen MR) is 40.3 cm³/mol. The maximum absolute atomic E-state index is 13.3. The van der Waals surface area contributed by atoms with Gasteiger partial charge in [-0.1, -0.05) is 0 Å². The Balaban J connectivity index is 2.80. The monoisotopic (exact) mass is 165 g/mol. The lowest BCUT2D eigenvalue weighted by molar-refractivity contribution is 0.383. The maximum atomic E-state index is 13.3. The molecule has 0 saturated carbocycles. The van der Waals surface area contributed by atoms with Crippen LogP contribution in [-0.2, 0) is 0 Å². The Hall–Kier alpha value is -1.58. The number of methoxy groups -OCH3 is 1. The van der Waals surface area contributed by atoms with Crippen molar-refractivity contribution in [3.05, 3.63) is 28.5 Å². The van der Waals surface area contributed by atoms with Crippen molar-refractivity contribution in [3.63, 3.8) is 0 Å². The Bertz CT molecular complexity index is 427. The van der Waals surface area contributed by atoms with Crippen LogP contribution < -0.4 is 20.7 Å². The van der Waals surface area contributed by atoms with E-state index in [0.29, 0.717) is 5.22 Å². The molecule has 1 heterocycles. The van der Waals surface area contributed by atoms with E-state index in [0.717, 1.165) is 0 Å². The lowest BCUT2D eigenvalue weighted by atomic mass is 10.2. The number of nitrogens with zero attached hydrogens (tertiary/aromatic N) is 2. The summed E-state index contributed by atoms with van der Waals surface area (Å²) in [6.07, 6.45) is 1.51. The summed E-state index contributed by atoms with van der Waals surface area (Å²) in [5.74, 6) is -0.254. The number of fused-ring (bicyclic) bond motifs is 1. The molecule has 0 fully saturated rings. The first-order chi connectivity index (χ1) is 5.83. The van der Waals surface area contributed by atoms with Crippen LogP contribution in [0.4, 0.5) is 4.39 Å². The molecule has 1 aromatic rings. The molecule has 0 N–H and O–H groups in total. The first-order valence-electron chi connectivity index (χ1n) is 3.43. The van der Waals surface area contributed by atoms with Gasteiger partial charge < -0.3 is 4.74 Å². The van der Waals surface area contributed by atoms with Gasteiger partial charge in [-0.25, -0.2) is 4.39 Å². The highest BCUT2D eigenvalue weighted by atomic mass is 19.1. The third-order valence-electron chi connectivity index (χ3n) is 1.69. The SMILES string of the molecule is COc1ccc2c(c1F)=N[N]C=2. The summed E-state index contributed by atoms with van der Waals surface area (Å²) < 4.78 is 18.1. The Morgan fingerprint density at radius 2 is 2.25 bits per heavy atom. The van der Waals surface area contributed by atoms with Gasteiger partial charge in [-0.2, -0.15) is 5.43 Å². The van der Waals surface area contributed by atoms with Crippen LogP contribution in [0.2, 0.25) is 0 Å². The molecule has 0 amide bonds. The molecule has 2 rings (SSSR count). The smallest absolute Gasteiger partial charge is 0.193 e. The molecule has 0 saturated heterocycles. The van der Waals surface area contributed by atoms with Crippen molar-refractivity contribution in [2.45, 2.75) is 0 Å². The Morgan fingerprint density at radius 1 is 1.42 bits per heavy atom. The standard InChI is InChI=1S/C8H6FN2O/c1-12-6-3-2-5-4-10-11-8(5)7(6)9/h2-4H,1H3. The lowest BCUT2D eigenvalue weighted by Gasteiger charge is -1.98. The summed E-state index contributed by atoms with van der Waals surface area (Å²) in [5.41, 5.74) is 3.59. The van der Waals surface area contributed by atoms with E-state index in [9.17, 15) is 4.39 Å². The predicted octanol–water partition coefficient (Wildman–Crippen LogP) is -0.275. The normalized spacial score (nSPS) is 12.5. The average molecular weight is 165 g/mol. The van der Waals surface area contributed by atoms with Gasteiger partial charge in [-0.3, -0.25) is 0 Å². The quantitative estimate of drug-likeness (QED) is 0.564. The van der Waals surface area contributed by atoms with Gasteiger partial charge in [0.15, 0.2) is 11.6 Å². The Kier molecular flexibility index (Phi) is 1.46. The van der Waals surface area contributed by atoms with Gasteiger partial charge >= 0.3 is 0 Å². The van der Waals surface area contributed by atoms with E-state index in [-0.39, 0.29) is 11.1 Å². The zero-order valence-corrected chi connectivity index (χ0v) is 6.41. The fourth-order valence-electron chi connectivity index (χ4n) is 1.07. The van der Waals surface area contributed by atoms with Gasteiger partial charge in [0.1, 0.15) is 5.36 Å². The van der Waals surface area contributed by atoms with Crippen molar-refractivity contribution in [3.8, 4) is 5.75 Å². The van der Waals surface area contributed by atoms with E-state index in [2.05, 4.69) is 10.5 Å². The van der Waals surface area contributed by atoms with Crippen molar-refractivity contribution < 1.29 is 9.13 Å². The van der Waals surface area contributed by atoms with Crippen molar-refractivity contribution in [2.75, 3.05) is 7.11 Å². The zero-order valence-electron chi connectivity index (χ0n) is 6.41. The van der Waals surface area contributed by atoms with Gasteiger partial charge in [0.2, 0.25) is 0 Å². The second kappa shape index (κ2) is 2.48. The summed E-state index contributed by atoms with van der Waals surface area (Å²) in [7, 11) is 1.42. The third-order valence-corrected chi connectivity index (χ3v) is 1.69.